The molecule has 0 bridgehead atoms. The van der Waals surface area contributed by atoms with Gasteiger partial charge in [-0.1, -0.05) is 6.92 Å². The average Bonchev–Trinajstić information content (AvgIpc) is 2.38. The molecule has 2 atom stereocenters. The van der Waals surface area contributed by atoms with Gasteiger partial charge in [0.15, 0.2) is 0 Å². The molecule has 0 spiro atoms. The van der Waals surface area contributed by atoms with Gasteiger partial charge in [-0.2, -0.15) is 0 Å². The molecule has 5 heteroatoms. The van der Waals surface area contributed by atoms with Gasteiger partial charge in [-0.25, -0.2) is 0 Å². The van der Waals surface area contributed by atoms with Gasteiger partial charge in [0.1, 0.15) is 0 Å². The van der Waals surface area contributed by atoms with Crippen LogP contribution in [0.15, 0.2) is 30.7 Å². The number of nitrogens with two attached hydrogens (primary N) is 1. The molecule has 2 aromatic rings. The number of fused-ring (bicyclic) bond motifs is 1. The molecule has 2 rings (SSSR count). The number of aromatic nitrogens is 2. The maximum Gasteiger partial charge on any atom is 0.228 e. The van der Waals surface area contributed by atoms with Crippen molar-refractivity contribution >= 4 is 22.5 Å². The van der Waals surface area contributed by atoms with Crippen LogP contribution in [0.4, 0.5) is 5.69 Å². The number of pyridine rings is 2. The summed E-state index contributed by atoms with van der Waals surface area (Å²) in [4.78, 5) is 20.2. The molecule has 0 aliphatic heterocycles. The highest BCUT2D eigenvalue weighted by Gasteiger charge is 2.17. The van der Waals surface area contributed by atoms with E-state index in [1.54, 1.807) is 30.7 Å². The van der Waals surface area contributed by atoms with E-state index >= 15 is 0 Å². The minimum Gasteiger partial charge on any atom is -0.327 e. The number of anilines is 1. The quantitative estimate of drug-likeness (QED) is 0.858. The smallest absolute Gasteiger partial charge is 0.228 e. The van der Waals surface area contributed by atoms with Crippen LogP contribution in [0.5, 0.6) is 0 Å². The van der Waals surface area contributed by atoms with Gasteiger partial charge in [0.2, 0.25) is 5.91 Å². The Morgan fingerprint density at radius 1 is 1.33 bits per heavy atom. The van der Waals surface area contributed by atoms with E-state index in [0.29, 0.717) is 5.69 Å². The van der Waals surface area contributed by atoms with Gasteiger partial charge < -0.3 is 11.1 Å². The van der Waals surface area contributed by atoms with Gasteiger partial charge in [-0.05, 0) is 19.1 Å². The molecular weight excluding hydrogens is 228 g/mol. The van der Waals surface area contributed by atoms with Crippen LogP contribution >= 0.6 is 0 Å². The van der Waals surface area contributed by atoms with Crippen LogP contribution in [0.2, 0.25) is 0 Å². The molecule has 0 saturated carbocycles. The minimum atomic E-state index is -0.245. The Balaban J connectivity index is 2.30. The lowest BCUT2D eigenvalue weighted by Gasteiger charge is -2.16. The maximum absolute atomic E-state index is 12.0. The number of amides is 1. The monoisotopic (exact) mass is 244 g/mol. The maximum atomic E-state index is 12.0. The SMILES string of the molecule is CC(N)C(C)C(=O)Nc1ccnc2ccncc12. The minimum absolute atomic E-state index is 0.0960. The summed E-state index contributed by atoms with van der Waals surface area (Å²) in [5, 5.41) is 3.69. The topological polar surface area (TPSA) is 80.9 Å². The lowest BCUT2D eigenvalue weighted by Crippen LogP contribution is -2.34. The molecular formula is C13H16N4O. The molecule has 0 saturated heterocycles. The van der Waals surface area contributed by atoms with Crippen molar-refractivity contribution < 1.29 is 4.79 Å². The van der Waals surface area contributed by atoms with Gasteiger partial charge in [0.25, 0.3) is 0 Å². The van der Waals surface area contributed by atoms with Crippen molar-refractivity contribution in [3.63, 3.8) is 0 Å². The summed E-state index contributed by atoms with van der Waals surface area (Å²) in [5.41, 5.74) is 7.23. The molecule has 2 aromatic heterocycles. The van der Waals surface area contributed by atoms with Crippen LogP contribution in [-0.4, -0.2) is 21.9 Å². The molecule has 0 fully saturated rings. The second-order valence-electron chi connectivity index (χ2n) is 4.39. The van der Waals surface area contributed by atoms with Crippen LogP contribution in [-0.2, 0) is 4.79 Å². The lowest BCUT2D eigenvalue weighted by molar-refractivity contribution is -0.119. The van der Waals surface area contributed by atoms with E-state index in [4.69, 9.17) is 5.73 Å². The van der Waals surface area contributed by atoms with E-state index in [-0.39, 0.29) is 17.9 Å². The first-order chi connectivity index (χ1) is 8.59. The van der Waals surface area contributed by atoms with Crippen molar-refractivity contribution in [1.29, 1.82) is 0 Å². The van der Waals surface area contributed by atoms with Gasteiger partial charge in [-0.15, -0.1) is 0 Å². The van der Waals surface area contributed by atoms with E-state index < -0.39 is 0 Å². The summed E-state index contributed by atoms with van der Waals surface area (Å²) >= 11 is 0. The normalized spacial score (nSPS) is 14.2. The van der Waals surface area contributed by atoms with E-state index in [1.807, 2.05) is 13.8 Å². The fourth-order valence-corrected chi connectivity index (χ4v) is 1.58. The van der Waals surface area contributed by atoms with Gasteiger partial charge >= 0.3 is 0 Å². The molecule has 0 aromatic carbocycles. The Bertz CT molecular complexity index is 562. The fraction of sp³-hybridized carbons (Fsp3) is 0.308. The second kappa shape index (κ2) is 5.10. The fourth-order valence-electron chi connectivity index (χ4n) is 1.58. The highest BCUT2D eigenvalue weighted by molar-refractivity contribution is 6.01. The molecule has 5 nitrogen and oxygen atoms in total. The Hall–Kier alpha value is -2.01. The third-order valence-electron chi connectivity index (χ3n) is 3.00. The molecule has 94 valence electrons. The highest BCUT2D eigenvalue weighted by Crippen LogP contribution is 2.20. The zero-order valence-corrected chi connectivity index (χ0v) is 10.4. The molecule has 1 amide bonds. The van der Waals surface area contributed by atoms with E-state index in [1.165, 1.54) is 0 Å². The Morgan fingerprint density at radius 2 is 2.11 bits per heavy atom. The molecule has 18 heavy (non-hydrogen) atoms. The highest BCUT2D eigenvalue weighted by atomic mass is 16.1. The summed E-state index contributed by atoms with van der Waals surface area (Å²) in [5.74, 6) is -0.341. The van der Waals surface area contributed by atoms with Crippen molar-refractivity contribution in [3.05, 3.63) is 30.7 Å². The largest absolute Gasteiger partial charge is 0.327 e. The van der Waals surface area contributed by atoms with Crippen molar-refractivity contribution in [1.82, 2.24) is 9.97 Å². The van der Waals surface area contributed by atoms with Gasteiger partial charge in [0.05, 0.1) is 17.1 Å². The van der Waals surface area contributed by atoms with Crippen molar-refractivity contribution in [3.8, 4) is 0 Å². The number of carbonyl (C=O) groups is 1. The number of hydrogen-bond donors (Lipinski definition) is 2. The summed E-state index contributed by atoms with van der Waals surface area (Å²) in [6.45, 7) is 3.62. The Labute approximate surface area is 105 Å². The van der Waals surface area contributed by atoms with Crippen molar-refractivity contribution in [2.45, 2.75) is 19.9 Å². The van der Waals surface area contributed by atoms with Crippen LogP contribution in [0, 0.1) is 5.92 Å². The Morgan fingerprint density at radius 3 is 2.83 bits per heavy atom. The van der Waals surface area contributed by atoms with Crippen LogP contribution in [0.3, 0.4) is 0 Å². The van der Waals surface area contributed by atoms with Crippen LogP contribution in [0.1, 0.15) is 13.8 Å². The molecule has 3 N–H and O–H groups in total. The molecule has 2 heterocycles. The van der Waals surface area contributed by atoms with Crippen LogP contribution in [0.25, 0.3) is 10.9 Å². The molecule has 0 aliphatic rings. The number of hydrogen-bond acceptors (Lipinski definition) is 4. The van der Waals surface area contributed by atoms with Crippen LogP contribution < -0.4 is 11.1 Å². The van der Waals surface area contributed by atoms with E-state index in [2.05, 4.69) is 15.3 Å². The molecule has 2 unspecified atom stereocenters. The molecule has 0 aliphatic carbocycles. The number of nitrogens with zero attached hydrogens (tertiary/aromatic N) is 2. The second-order valence-corrected chi connectivity index (χ2v) is 4.39. The summed E-state index contributed by atoms with van der Waals surface area (Å²) in [7, 11) is 0. The van der Waals surface area contributed by atoms with E-state index in [0.717, 1.165) is 10.9 Å². The third kappa shape index (κ3) is 2.46. The Kier molecular flexibility index (Phi) is 3.53. The van der Waals surface area contributed by atoms with Gasteiger partial charge in [-0.3, -0.25) is 14.8 Å². The summed E-state index contributed by atoms with van der Waals surface area (Å²) < 4.78 is 0. The third-order valence-corrected chi connectivity index (χ3v) is 3.00. The van der Waals surface area contributed by atoms with Crippen molar-refractivity contribution in [2.24, 2.45) is 11.7 Å². The average molecular weight is 244 g/mol. The molecule has 0 radical (unpaired) electrons. The predicted molar refractivity (Wildman–Crippen MR) is 71.0 cm³/mol. The summed E-state index contributed by atoms with van der Waals surface area (Å²) in [6, 6.07) is 3.38. The lowest BCUT2D eigenvalue weighted by atomic mass is 10.0. The number of nitrogens with one attached hydrogen (secondary N) is 1. The van der Waals surface area contributed by atoms with Crippen molar-refractivity contribution in [2.75, 3.05) is 5.32 Å². The first kappa shape index (κ1) is 12.4. The number of rotatable bonds is 3. The summed E-state index contributed by atoms with van der Waals surface area (Å²) in [6.07, 6.45) is 5.02. The predicted octanol–water partition coefficient (Wildman–Crippen LogP) is 1.55. The number of carbonyl (C=O) groups excluding carboxylic acids is 1. The standard InChI is InChI=1S/C13H16N4O/c1-8(9(2)14)13(18)17-12-4-6-16-11-3-5-15-7-10(11)12/h3-9H,14H2,1-2H3,(H,16,17,18). The first-order valence-corrected chi connectivity index (χ1v) is 5.85. The van der Waals surface area contributed by atoms with Gasteiger partial charge in [0, 0.05) is 30.0 Å². The first-order valence-electron chi connectivity index (χ1n) is 5.85. The zero-order chi connectivity index (χ0) is 13.1. The van der Waals surface area contributed by atoms with E-state index in [9.17, 15) is 4.79 Å². The zero-order valence-electron chi connectivity index (χ0n) is 10.4.